The number of rotatable bonds is 8. The zero-order valence-electron chi connectivity index (χ0n) is 14.0. The van der Waals surface area contributed by atoms with Crippen LogP contribution in [0, 0.1) is 0 Å². The van der Waals surface area contributed by atoms with Crippen molar-refractivity contribution in [1.82, 2.24) is 0 Å². The van der Waals surface area contributed by atoms with Gasteiger partial charge in [-0.15, -0.1) is 0 Å². The van der Waals surface area contributed by atoms with Gasteiger partial charge >= 0.3 is 5.97 Å². The molecule has 1 atom stereocenters. The first kappa shape index (κ1) is 17.8. The fourth-order valence-corrected chi connectivity index (χ4v) is 2.18. The summed E-state index contributed by atoms with van der Waals surface area (Å²) in [6, 6.07) is 15.3. The van der Waals surface area contributed by atoms with Crippen LogP contribution in [0.2, 0.25) is 0 Å². The van der Waals surface area contributed by atoms with Crippen molar-refractivity contribution in [2.45, 2.75) is 20.0 Å². The van der Waals surface area contributed by atoms with Gasteiger partial charge in [0.15, 0.2) is 6.10 Å². The minimum absolute atomic E-state index is 0.338. The summed E-state index contributed by atoms with van der Waals surface area (Å²) < 4.78 is 16.1. The lowest BCUT2D eigenvalue weighted by Gasteiger charge is -2.14. The first-order valence-corrected chi connectivity index (χ1v) is 8.00. The molecule has 0 saturated heterocycles. The number of carbonyl (C=O) groups is 1. The van der Waals surface area contributed by atoms with Crippen molar-refractivity contribution in [2.24, 2.45) is 5.73 Å². The summed E-state index contributed by atoms with van der Waals surface area (Å²) in [6.45, 7) is 4.76. The van der Waals surface area contributed by atoms with Gasteiger partial charge in [0, 0.05) is 6.54 Å². The molecule has 2 N–H and O–H groups in total. The number of carbonyl (C=O) groups excluding carboxylic acids is 1. The van der Waals surface area contributed by atoms with E-state index in [1.54, 1.807) is 13.8 Å². The molecule has 0 heterocycles. The average molecular weight is 329 g/mol. The lowest BCUT2D eigenvalue weighted by atomic mass is 10.1. The molecule has 24 heavy (non-hydrogen) atoms. The fraction of sp³-hybridized carbons (Fsp3) is 0.316. The highest BCUT2D eigenvalue weighted by molar-refractivity contribution is 5.74. The Morgan fingerprint density at radius 1 is 1.08 bits per heavy atom. The number of esters is 1. The zero-order chi connectivity index (χ0) is 17.4. The molecule has 1 unspecified atom stereocenters. The van der Waals surface area contributed by atoms with Gasteiger partial charge < -0.3 is 19.9 Å². The van der Waals surface area contributed by atoms with Gasteiger partial charge in [-0.1, -0.05) is 24.3 Å². The predicted molar refractivity (Wildman–Crippen MR) is 93.2 cm³/mol. The number of hydrogen-bond acceptors (Lipinski definition) is 5. The third-order valence-corrected chi connectivity index (χ3v) is 3.34. The van der Waals surface area contributed by atoms with Crippen molar-refractivity contribution in [3.8, 4) is 22.6 Å². The zero-order valence-corrected chi connectivity index (χ0v) is 14.0. The quantitative estimate of drug-likeness (QED) is 0.754. The van der Waals surface area contributed by atoms with Crippen LogP contribution in [0.4, 0.5) is 0 Å². The molecule has 0 aliphatic rings. The summed E-state index contributed by atoms with van der Waals surface area (Å²) >= 11 is 0. The van der Waals surface area contributed by atoms with E-state index in [1.165, 1.54) is 0 Å². The summed E-state index contributed by atoms with van der Waals surface area (Å²) in [5.41, 5.74) is 7.45. The van der Waals surface area contributed by atoms with Crippen LogP contribution in [0.5, 0.6) is 11.5 Å². The van der Waals surface area contributed by atoms with E-state index >= 15 is 0 Å². The van der Waals surface area contributed by atoms with Crippen LogP contribution < -0.4 is 15.2 Å². The van der Waals surface area contributed by atoms with Crippen LogP contribution >= 0.6 is 0 Å². The first-order chi connectivity index (χ1) is 11.6. The molecule has 5 heteroatoms. The average Bonchev–Trinajstić information content (AvgIpc) is 2.61. The van der Waals surface area contributed by atoms with Crippen molar-refractivity contribution in [1.29, 1.82) is 0 Å². The minimum atomic E-state index is -0.646. The Balaban J connectivity index is 2.08. The number of hydrogen-bond donors (Lipinski definition) is 1. The summed E-state index contributed by atoms with van der Waals surface area (Å²) in [5, 5.41) is 0. The van der Waals surface area contributed by atoms with E-state index in [1.807, 2.05) is 48.5 Å². The number of benzene rings is 2. The molecule has 0 radical (unpaired) electrons. The Bertz CT molecular complexity index is 655. The standard InChI is InChI=1S/C19H23NO4/c1-3-22-19(21)14(2)24-18-6-4-5-16(13-18)15-7-9-17(10-8-15)23-12-11-20/h4-10,13-14H,3,11-12,20H2,1-2H3. The second-order valence-electron chi connectivity index (χ2n) is 5.20. The fourth-order valence-electron chi connectivity index (χ4n) is 2.18. The van der Waals surface area contributed by atoms with Crippen LogP contribution in [0.25, 0.3) is 11.1 Å². The SMILES string of the molecule is CCOC(=O)C(C)Oc1cccc(-c2ccc(OCCN)cc2)c1. The summed E-state index contributed by atoms with van der Waals surface area (Å²) in [5.74, 6) is 1.04. The molecule has 0 saturated carbocycles. The van der Waals surface area contributed by atoms with E-state index in [-0.39, 0.29) is 5.97 Å². The summed E-state index contributed by atoms with van der Waals surface area (Å²) in [7, 11) is 0. The Morgan fingerprint density at radius 3 is 2.50 bits per heavy atom. The molecule has 0 fully saturated rings. The first-order valence-electron chi connectivity index (χ1n) is 8.00. The van der Waals surface area contributed by atoms with Gasteiger partial charge in [-0.05, 0) is 49.2 Å². The molecule has 0 spiro atoms. The molecule has 2 aromatic carbocycles. The van der Waals surface area contributed by atoms with Gasteiger partial charge in [0.25, 0.3) is 0 Å². The maximum absolute atomic E-state index is 11.7. The number of ether oxygens (including phenoxy) is 3. The molecular formula is C19H23NO4. The van der Waals surface area contributed by atoms with Crippen LogP contribution in [0.3, 0.4) is 0 Å². The monoisotopic (exact) mass is 329 g/mol. The highest BCUT2D eigenvalue weighted by atomic mass is 16.6. The predicted octanol–water partition coefficient (Wildman–Crippen LogP) is 3.02. The van der Waals surface area contributed by atoms with Gasteiger partial charge in [0.05, 0.1) is 6.61 Å². The maximum Gasteiger partial charge on any atom is 0.347 e. The van der Waals surface area contributed by atoms with Crippen LogP contribution in [-0.4, -0.2) is 31.8 Å². The molecule has 128 valence electrons. The maximum atomic E-state index is 11.7. The Kier molecular flexibility index (Phi) is 6.63. The molecule has 0 aliphatic carbocycles. The third-order valence-electron chi connectivity index (χ3n) is 3.34. The van der Waals surface area contributed by atoms with E-state index in [4.69, 9.17) is 19.9 Å². The Hall–Kier alpha value is -2.53. The van der Waals surface area contributed by atoms with Gasteiger partial charge in [0.1, 0.15) is 18.1 Å². The van der Waals surface area contributed by atoms with Gasteiger partial charge in [-0.25, -0.2) is 4.79 Å². The van der Waals surface area contributed by atoms with Crippen LogP contribution in [-0.2, 0) is 9.53 Å². The van der Waals surface area contributed by atoms with E-state index in [0.29, 0.717) is 25.5 Å². The van der Waals surface area contributed by atoms with Crippen molar-refractivity contribution in [3.63, 3.8) is 0 Å². The largest absolute Gasteiger partial charge is 0.492 e. The van der Waals surface area contributed by atoms with E-state index < -0.39 is 6.10 Å². The van der Waals surface area contributed by atoms with Crippen molar-refractivity contribution in [3.05, 3.63) is 48.5 Å². The molecule has 5 nitrogen and oxygen atoms in total. The van der Waals surface area contributed by atoms with Gasteiger partial charge in [-0.2, -0.15) is 0 Å². The van der Waals surface area contributed by atoms with Crippen molar-refractivity contribution in [2.75, 3.05) is 19.8 Å². The highest BCUT2D eigenvalue weighted by Crippen LogP contribution is 2.26. The van der Waals surface area contributed by atoms with Crippen LogP contribution in [0.15, 0.2) is 48.5 Å². The third kappa shape index (κ3) is 4.99. The molecule has 0 aromatic heterocycles. The lowest BCUT2D eigenvalue weighted by molar-refractivity contribution is -0.150. The molecule has 2 rings (SSSR count). The van der Waals surface area contributed by atoms with E-state index in [9.17, 15) is 4.79 Å². The molecule has 2 aromatic rings. The Labute approximate surface area is 142 Å². The minimum Gasteiger partial charge on any atom is -0.492 e. The highest BCUT2D eigenvalue weighted by Gasteiger charge is 2.15. The van der Waals surface area contributed by atoms with E-state index in [0.717, 1.165) is 16.9 Å². The second-order valence-corrected chi connectivity index (χ2v) is 5.20. The molecule has 0 amide bonds. The van der Waals surface area contributed by atoms with Gasteiger partial charge in [-0.3, -0.25) is 0 Å². The topological polar surface area (TPSA) is 70.8 Å². The van der Waals surface area contributed by atoms with Crippen molar-refractivity contribution < 1.29 is 19.0 Å². The Morgan fingerprint density at radius 2 is 1.83 bits per heavy atom. The lowest BCUT2D eigenvalue weighted by Crippen LogP contribution is -2.26. The van der Waals surface area contributed by atoms with Crippen molar-refractivity contribution >= 4 is 5.97 Å². The van der Waals surface area contributed by atoms with E-state index in [2.05, 4.69) is 0 Å². The second kappa shape index (κ2) is 8.93. The molecule has 0 bridgehead atoms. The smallest absolute Gasteiger partial charge is 0.347 e. The van der Waals surface area contributed by atoms with Crippen LogP contribution in [0.1, 0.15) is 13.8 Å². The summed E-state index contributed by atoms with van der Waals surface area (Å²) in [6.07, 6.45) is -0.646. The summed E-state index contributed by atoms with van der Waals surface area (Å²) in [4.78, 5) is 11.7. The van der Waals surface area contributed by atoms with Gasteiger partial charge in [0.2, 0.25) is 0 Å². The number of nitrogens with two attached hydrogens (primary N) is 1. The molecule has 0 aliphatic heterocycles. The molecular weight excluding hydrogens is 306 g/mol. The normalized spacial score (nSPS) is 11.6.